The van der Waals surface area contributed by atoms with E-state index < -0.39 is 5.37 Å². The van der Waals surface area contributed by atoms with Crippen LogP contribution in [-0.2, 0) is 6.42 Å². The minimum Gasteiger partial charge on any atom is -0.454 e. The Morgan fingerprint density at radius 2 is 2.20 bits per heavy atom. The van der Waals surface area contributed by atoms with Crippen LogP contribution in [0.4, 0.5) is 4.79 Å². The van der Waals surface area contributed by atoms with Gasteiger partial charge < -0.3 is 14.8 Å². The molecule has 5 heteroatoms. The first-order valence-corrected chi connectivity index (χ1v) is 4.95. The minimum atomic E-state index is -0.532. The highest BCUT2D eigenvalue weighted by Crippen LogP contribution is 2.32. The molecule has 0 radical (unpaired) electrons. The van der Waals surface area contributed by atoms with E-state index in [-0.39, 0.29) is 6.79 Å². The van der Waals surface area contributed by atoms with Crippen molar-refractivity contribution in [3.8, 4) is 11.5 Å². The third kappa shape index (κ3) is 2.53. The summed E-state index contributed by atoms with van der Waals surface area (Å²) in [5, 5.41) is 1.98. The fourth-order valence-corrected chi connectivity index (χ4v) is 1.50. The van der Waals surface area contributed by atoms with E-state index in [0.717, 1.165) is 23.5 Å². The minimum absolute atomic E-state index is 0.275. The number of halogens is 1. The first-order chi connectivity index (χ1) is 7.25. The summed E-state index contributed by atoms with van der Waals surface area (Å²) in [6.45, 7) is 0.791. The topological polar surface area (TPSA) is 47.6 Å². The van der Waals surface area contributed by atoms with E-state index in [4.69, 9.17) is 21.1 Å². The number of carbonyl (C=O) groups excluding carboxylic acids is 1. The van der Waals surface area contributed by atoms with Gasteiger partial charge in [-0.25, -0.2) is 0 Å². The highest BCUT2D eigenvalue weighted by Gasteiger charge is 2.12. The Labute approximate surface area is 92.1 Å². The lowest BCUT2D eigenvalue weighted by atomic mass is 10.1. The van der Waals surface area contributed by atoms with Gasteiger partial charge in [-0.1, -0.05) is 6.07 Å². The van der Waals surface area contributed by atoms with E-state index >= 15 is 0 Å². The second-order valence-corrected chi connectivity index (χ2v) is 3.48. The molecule has 0 spiro atoms. The Balaban J connectivity index is 1.95. The smallest absolute Gasteiger partial charge is 0.313 e. The molecule has 1 N–H and O–H groups in total. The summed E-state index contributed by atoms with van der Waals surface area (Å²) in [7, 11) is 0. The summed E-state index contributed by atoms with van der Waals surface area (Å²) in [5.41, 5.74) is 1.07. The number of ether oxygens (including phenoxy) is 2. The summed E-state index contributed by atoms with van der Waals surface area (Å²) in [6, 6.07) is 5.71. The number of amides is 1. The van der Waals surface area contributed by atoms with Crippen LogP contribution in [0.3, 0.4) is 0 Å². The number of fused-ring (bicyclic) bond motifs is 1. The van der Waals surface area contributed by atoms with Crippen molar-refractivity contribution in [2.45, 2.75) is 6.42 Å². The summed E-state index contributed by atoms with van der Waals surface area (Å²) < 4.78 is 10.4. The molecule has 2 rings (SSSR count). The van der Waals surface area contributed by atoms with Crippen LogP contribution in [0, 0.1) is 0 Å². The third-order valence-corrected chi connectivity index (χ3v) is 2.25. The second kappa shape index (κ2) is 4.40. The van der Waals surface area contributed by atoms with E-state index in [1.807, 2.05) is 18.2 Å². The summed E-state index contributed by atoms with van der Waals surface area (Å²) in [4.78, 5) is 10.4. The number of hydrogen-bond donors (Lipinski definition) is 1. The maximum absolute atomic E-state index is 10.4. The lowest BCUT2D eigenvalue weighted by Crippen LogP contribution is -2.19. The molecule has 1 aromatic carbocycles. The largest absolute Gasteiger partial charge is 0.454 e. The highest BCUT2D eigenvalue weighted by atomic mass is 35.5. The van der Waals surface area contributed by atoms with Crippen molar-refractivity contribution in [3.05, 3.63) is 23.8 Å². The second-order valence-electron chi connectivity index (χ2n) is 3.14. The molecule has 1 aromatic rings. The number of nitrogens with one attached hydrogen (secondary N) is 1. The molecule has 4 nitrogen and oxygen atoms in total. The zero-order valence-electron chi connectivity index (χ0n) is 7.96. The number of benzene rings is 1. The highest BCUT2D eigenvalue weighted by molar-refractivity contribution is 6.62. The predicted octanol–water partition coefficient (Wildman–Crippen LogP) is 1.91. The van der Waals surface area contributed by atoms with Gasteiger partial charge in [-0.15, -0.1) is 0 Å². The van der Waals surface area contributed by atoms with Crippen molar-refractivity contribution in [3.63, 3.8) is 0 Å². The van der Waals surface area contributed by atoms with E-state index in [9.17, 15) is 4.79 Å². The van der Waals surface area contributed by atoms with Gasteiger partial charge in [0.15, 0.2) is 11.5 Å². The van der Waals surface area contributed by atoms with Crippen molar-refractivity contribution < 1.29 is 14.3 Å². The van der Waals surface area contributed by atoms with Gasteiger partial charge in [-0.2, -0.15) is 0 Å². The van der Waals surface area contributed by atoms with Crippen molar-refractivity contribution in [1.29, 1.82) is 0 Å². The average Bonchev–Trinajstić information content (AvgIpc) is 2.64. The third-order valence-electron chi connectivity index (χ3n) is 2.11. The predicted molar refractivity (Wildman–Crippen MR) is 55.5 cm³/mol. The molecule has 0 aromatic heterocycles. The van der Waals surface area contributed by atoms with E-state index in [2.05, 4.69) is 5.32 Å². The van der Waals surface area contributed by atoms with Crippen molar-refractivity contribution >= 4 is 17.0 Å². The monoisotopic (exact) mass is 227 g/mol. The van der Waals surface area contributed by atoms with Crippen LogP contribution < -0.4 is 14.8 Å². The van der Waals surface area contributed by atoms with Crippen molar-refractivity contribution in [2.75, 3.05) is 13.3 Å². The zero-order valence-corrected chi connectivity index (χ0v) is 8.71. The summed E-state index contributed by atoms with van der Waals surface area (Å²) in [5.74, 6) is 1.52. The number of carbonyl (C=O) groups is 1. The van der Waals surface area contributed by atoms with Crippen LogP contribution in [0.2, 0.25) is 0 Å². The molecule has 0 unspecified atom stereocenters. The lowest BCUT2D eigenvalue weighted by molar-refractivity contribution is 0.174. The molecule has 0 atom stereocenters. The fourth-order valence-electron chi connectivity index (χ4n) is 1.40. The normalized spacial score (nSPS) is 12.6. The van der Waals surface area contributed by atoms with Gasteiger partial charge in [0, 0.05) is 6.54 Å². The molecule has 0 saturated carbocycles. The summed E-state index contributed by atoms with van der Waals surface area (Å²) in [6.07, 6.45) is 0.717. The van der Waals surface area contributed by atoms with Crippen LogP contribution in [0.5, 0.6) is 11.5 Å². The van der Waals surface area contributed by atoms with E-state index in [0.29, 0.717) is 6.54 Å². The molecule has 1 amide bonds. The van der Waals surface area contributed by atoms with Gasteiger partial charge in [0.1, 0.15) is 0 Å². The Morgan fingerprint density at radius 1 is 1.40 bits per heavy atom. The Hall–Kier alpha value is -1.42. The van der Waals surface area contributed by atoms with Gasteiger partial charge in [-0.3, -0.25) is 4.79 Å². The molecule has 80 valence electrons. The Kier molecular flexibility index (Phi) is 2.97. The molecule has 0 bridgehead atoms. The van der Waals surface area contributed by atoms with Gasteiger partial charge in [-0.05, 0) is 35.7 Å². The van der Waals surface area contributed by atoms with Crippen LogP contribution in [0.25, 0.3) is 0 Å². The molecule has 1 aliphatic heterocycles. The maximum atomic E-state index is 10.4. The van der Waals surface area contributed by atoms with Crippen molar-refractivity contribution in [2.24, 2.45) is 0 Å². The molecule has 15 heavy (non-hydrogen) atoms. The molecular weight excluding hydrogens is 218 g/mol. The van der Waals surface area contributed by atoms with Crippen LogP contribution >= 0.6 is 11.6 Å². The van der Waals surface area contributed by atoms with Crippen LogP contribution in [0.1, 0.15) is 5.56 Å². The number of rotatable bonds is 3. The SMILES string of the molecule is O=C(Cl)NCCc1ccc2c(c1)OCO2. The summed E-state index contributed by atoms with van der Waals surface area (Å²) >= 11 is 5.14. The molecule has 0 saturated heterocycles. The van der Waals surface area contributed by atoms with E-state index in [1.165, 1.54) is 0 Å². The fraction of sp³-hybridized carbons (Fsp3) is 0.300. The molecule has 1 aliphatic rings. The van der Waals surface area contributed by atoms with Gasteiger partial charge in [0.25, 0.3) is 0 Å². The number of hydrogen-bond acceptors (Lipinski definition) is 3. The van der Waals surface area contributed by atoms with Crippen molar-refractivity contribution in [1.82, 2.24) is 5.32 Å². The van der Waals surface area contributed by atoms with Crippen LogP contribution in [0.15, 0.2) is 18.2 Å². The zero-order chi connectivity index (χ0) is 10.7. The lowest BCUT2D eigenvalue weighted by Gasteiger charge is -2.02. The molecule has 0 fully saturated rings. The standard InChI is InChI=1S/C10H10ClNO3/c11-10(13)12-4-3-7-1-2-8-9(5-7)15-6-14-8/h1-2,5H,3-4,6H2,(H,12,13). The van der Waals surface area contributed by atoms with Gasteiger partial charge in [0.2, 0.25) is 6.79 Å². The van der Waals surface area contributed by atoms with E-state index in [1.54, 1.807) is 0 Å². The first kappa shape index (κ1) is 10.1. The van der Waals surface area contributed by atoms with Crippen LogP contribution in [-0.4, -0.2) is 18.7 Å². The maximum Gasteiger partial charge on any atom is 0.313 e. The Bertz CT molecular complexity index is 381. The molecule has 0 aliphatic carbocycles. The average molecular weight is 228 g/mol. The molecular formula is C10H10ClNO3. The first-order valence-electron chi connectivity index (χ1n) is 4.57. The Morgan fingerprint density at radius 3 is 3.00 bits per heavy atom. The van der Waals surface area contributed by atoms with Gasteiger partial charge in [0.05, 0.1) is 0 Å². The quantitative estimate of drug-likeness (QED) is 0.634. The molecule has 1 heterocycles. The van der Waals surface area contributed by atoms with Gasteiger partial charge >= 0.3 is 5.37 Å².